The molecule has 3 heterocycles. The highest BCUT2D eigenvalue weighted by molar-refractivity contribution is 5.77. The molecule has 1 saturated heterocycles. The first-order valence-electron chi connectivity index (χ1n) is 10.4. The van der Waals surface area contributed by atoms with Crippen LogP contribution in [0.2, 0.25) is 0 Å². The van der Waals surface area contributed by atoms with Crippen molar-refractivity contribution < 1.29 is 14.1 Å². The topological polar surface area (TPSA) is 81.4 Å². The fraction of sp³-hybridized carbons (Fsp3) is 0.391. The Kier molecular flexibility index (Phi) is 6.37. The maximum absolute atomic E-state index is 12.6. The molecule has 1 fully saturated rings. The fourth-order valence-corrected chi connectivity index (χ4v) is 3.76. The molecule has 1 atom stereocenters. The second-order valence-electron chi connectivity index (χ2n) is 7.75. The average molecular weight is 406 g/mol. The van der Waals surface area contributed by atoms with Gasteiger partial charge in [-0.2, -0.15) is 4.98 Å². The highest BCUT2D eigenvalue weighted by Gasteiger charge is 2.24. The van der Waals surface area contributed by atoms with Gasteiger partial charge in [-0.1, -0.05) is 17.3 Å². The Balaban J connectivity index is 1.26. The summed E-state index contributed by atoms with van der Waals surface area (Å²) in [6.45, 7) is 3.63. The molecule has 0 saturated carbocycles. The Morgan fingerprint density at radius 3 is 3.07 bits per heavy atom. The minimum Gasteiger partial charge on any atom is -0.484 e. The summed E-state index contributed by atoms with van der Waals surface area (Å²) in [5, 5.41) is 4.09. The van der Waals surface area contributed by atoms with Crippen LogP contribution in [-0.4, -0.2) is 45.6 Å². The third-order valence-electron chi connectivity index (χ3n) is 5.38. The molecule has 0 bridgehead atoms. The summed E-state index contributed by atoms with van der Waals surface area (Å²) in [5.74, 6) is 2.40. The zero-order valence-electron chi connectivity index (χ0n) is 17.2. The molecule has 0 N–H and O–H groups in total. The van der Waals surface area contributed by atoms with Crippen molar-refractivity contribution in [3.63, 3.8) is 0 Å². The number of aromatic nitrogens is 3. The van der Waals surface area contributed by atoms with Gasteiger partial charge in [0.05, 0.1) is 5.56 Å². The molecule has 0 aliphatic carbocycles. The van der Waals surface area contributed by atoms with Crippen LogP contribution < -0.4 is 4.74 Å². The molecule has 0 radical (unpaired) electrons. The van der Waals surface area contributed by atoms with Gasteiger partial charge in [0.25, 0.3) is 11.8 Å². The fourth-order valence-electron chi connectivity index (χ4n) is 3.76. The number of nitrogens with zero attached hydrogens (tertiary/aromatic N) is 4. The number of pyridine rings is 1. The molecule has 1 amide bonds. The lowest BCUT2D eigenvalue weighted by molar-refractivity contribution is -0.135. The summed E-state index contributed by atoms with van der Waals surface area (Å²) in [7, 11) is 0. The van der Waals surface area contributed by atoms with Crippen LogP contribution in [0.4, 0.5) is 0 Å². The molecule has 1 aliphatic rings. The third kappa shape index (κ3) is 5.23. The lowest BCUT2D eigenvalue weighted by Gasteiger charge is -2.32. The predicted molar refractivity (Wildman–Crippen MR) is 112 cm³/mol. The molecule has 1 aliphatic heterocycles. The molecule has 156 valence electrons. The smallest absolute Gasteiger partial charge is 0.260 e. The molecule has 4 rings (SSSR count). The van der Waals surface area contributed by atoms with Crippen molar-refractivity contribution in [1.82, 2.24) is 20.0 Å². The summed E-state index contributed by atoms with van der Waals surface area (Å²) in [5.41, 5.74) is 1.94. The van der Waals surface area contributed by atoms with Crippen molar-refractivity contribution in [1.29, 1.82) is 0 Å². The summed E-state index contributed by atoms with van der Waals surface area (Å²) >= 11 is 0. The van der Waals surface area contributed by atoms with Crippen molar-refractivity contribution in [3.8, 4) is 17.2 Å². The number of rotatable bonds is 7. The van der Waals surface area contributed by atoms with Crippen molar-refractivity contribution >= 4 is 5.91 Å². The van der Waals surface area contributed by atoms with Crippen LogP contribution in [0.3, 0.4) is 0 Å². The van der Waals surface area contributed by atoms with Crippen LogP contribution in [-0.2, 0) is 11.2 Å². The minimum atomic E-state index is 0.0413. The Bertz CT molecular complexity index is 973. The van der Waals surface area contributed by atoms with Crippen molar-refractivity contribution in [2.24, 2.45) is 5.92 Å². The largest absolute Gasteiger partial charge is 0.484 e. The lowest BCUT2D eigenvalue weighted by atomic mass is 9.93. The monoisotopic (exact) mass is 406 g/mol. The predicted octanol–water partition coefficient (Wildman–Crippen LogP) is 3.69. The summed E-state index contributed by atoms with van der Waals surface area (Å²) in [6.07, 6.45) is 7.19. The first-order chi connectivity index (χ1) is 14.7. The van der Waals surface area contributed by atoms with Crippen LogP contribution in [0.1, 0.15) is 30.7 Å². The first kappa shape index (κ1) is 20.1. The van der Waals surface area contributed by atoms with E-state index in [-0.39, 0.29) is 12.5 Å². The van der Waals surface area contributed by atoms with Crippen molar-refractivity contribution in [2.75, 3.05) is 19.7 Å². The van der Waals surface area contributed by atoms with Crippen LogP contribution in [0.5, 0.6) is 5.75 Å². The van der Waals surface area contributed by atoms with E-state index in [2.05, 4.69) is 15.1 Å². The van der Waals surface area contributed by atoms with E-state index >= 15 is 0 Å². The van der Waals surface area contributed by atoms with E-state index in [0.717, 1.165) is 55.6 Å². The number of piperidine rings is 1. The Morgan fingerprint density at radius 1 is 1.30 bits per heavy atom. The second-order valence-corrected chi connectivity index (χ2v) is 7.75. The quantitative estimate of drug-likeness (QED) is 0.595. The van der Waals surface area contributed by atoms with E-state index in [1.165, 1.54) is 0 Å². The molecule has 3 aromatic rings. The number of hydrogen-bond donors (Lipinski definition) is 0. The number of carbonyl (C=O) groups is 1. The van der Waals surface area contributed by atoms with Crippen molar-refractivity contribution in [2.45, 2.75) is 32.6 Å². The number of likely N-dealkylation sites (tertiary alicyclic amines) is 1. The van der Waals surface area contributed by atoms with Crippen LogP contribution >= 0.6 is 0 Å². The van der Waals surface area contributed by atoms with Gasteiger partial charge in [-0.05, 0) is 61.9 Å². The molecular weight excluding hydrogens is 380 g/mol. The summed E-state index contributed by atoms with van der Waals surface area (Å²) in [6, 6.07) is 11.5. The van der Waals surface area contributed by atoms with Gasteiger partial charge in [-0.3, -0.25) is 9.78 Å². The normalized spacial score (nSPS) is 16.4. The number of hydrogen-bond acceptors (Lipinski definition) is 6. The van der Waals surface area contributed by atoms with E-state index in [1.807, 2.05) is 48.2 Å². The number of benzene rings is 1. The number of carbonyl (C=O) groups excluding carboxylic acids is 1. The van der Waals surface area contributed by atoms with Crippen molar-refractivity contribution in [3.05, 3.63) is 60.2 Å². The highest BCUT2D eigenvalue weighted by atomic mass is 16.5. The Labute approximate surface area is 176 Å². The van der Waals surface area contributed by atoms with E-state index in [0.29, 0.717) is 17.6 Å². The maximum Gasteiger partial charge on any atom is 0.260 e. The Hall–Kier alpha value is -3.22. The average Bonchev–Trinajstić information content (AvgIpc) is 3.26. The van der Waals surface area contributed by atoms with E-state index in [9.17, 15) is 4.79 Å². The maximum atomic E-state index is 12.6. The lowest BCUT2D eigenvalue weighted by Crippen LogP contribution is -2.42. The van der Waals surface area contributed by atoms with Gasteiger partial charge in [0.1, 0.15) is 5.75 Å². The summed E-state index contributed by atoms with van der Waals surface area (Å²) in [4.78, 5) is 23.1. The van der Waals surface area contributed by atoms with E-state index in [1.54, 1.807) is 12.4 Å². The molecule has 1 aromatic carbocycles. The number of aryl methyl sites for hydroxylation is 2. The molecule has 30 heavy (non-hydrogen) atoms. The molecular formula is C23H26N4O3. The second kappa shape index (κ2) is 9.52. The van der Waals surface area contributed by atoms with Gasteiger partial charge in [-0.15, -0.1) is 0 Å². The highest BCUT2D eigenvalue weighted by Crippen LogP contribution is 2.22. The van der Waals surface area contributed by atoms with Gasteiger partial charge in [0, 0.05) is 31.9 Å². The van der Waals surface area contributed by atoms with Crippen LogP contribution in [0.15, 0.2) is 53.3 Å². The van der Waals surface area contributed by atoms with Gasteiger partial charge < -0.3 is 14.2 Å². The zero-order valence-corrected chi connectivity index (χ0v) is 17.2. The molecule has 2 aromatic heterocycles. The SMILES string of the molecule is Cc1cccc(OCC(=O)N2CCCC(CCc3noc(-c4cccnc4)n3)C2)c1. The number of amides is 1. The van der Waals surface area contributed by atoms with E-state index < -0.39 is 0 Å². The van der Waals surface area contributed by atoms with Crippen LogP contribution in [0, 0.1) is 12.8 Å². The zero-order chi connectivity index (χ0) is 20.8. The summed E-state index contributed by atoms with van der Waals surface area (Å²) < 4.78 is 11.0. The molecule has 1 unspecified atom stereocenters. The molecule has 7 nitrogen and oxygen atoms in total. The van der Waals surface area contributed by atoms with Gasteiger partial charge >= 0.3 is 0 Å². The van der Waals surface area contributed by atoms with E-state index in [4.69, 9.17) is 9.26 Å². The molecule has 0 spiro atoms. The van der Waals surface area contributed by atoms with Crippen LogP contribution in [0.25, 0.3) is 11.5 Å². The standard InChI is InChI=1S/C23H26N4O3/c1-17-5-2-8-20(13-17)29-16-22(28)27-12-4-6-18(15-27)9-10-21-25-23(30-26-21)19-7-3-11-24-14-19/h2-3,5,7-8,11,13-14,18H,4,6,9-10,12,15-16H2,1H3. The molecule has 7 heteroatoms. The van der Waals surface area contributed by atoms with Gasteiger partial charge in [0.15, 0.2) is 12.4 Å². The van der Waals surface area contributed by atoms with Gasteiger partial charge in [-0.25, -0.2) is 0 Å². The van der Waals surface area contributed by atoms with Gasteiger partial charge in [0.2, 0.25) is 0 Å². The third-order valence-corrected chi connectivity index (χ3v) is 5.38. The number of ether oxygens (including phenoxy) is 1. The minimum absolute atomic E-state index is 0.0413. The Morgan fingerprint density at radius 2 is 2.23 bits per heavy atom. The first-order valence-corrected chi connectivity index (χ1v) is 10.4.